The molecule has 0 bridgehead atoms. The number of benzene rings is 3. The van der Waals surface area contributed by atoms with Crippen LogP contribution in [-0.4, -0.2) is 40.1 Å². The van der Waals surface area contributed by atoms with E-state index in [4.69, 9.17) is 14.2 Å². The number of carbonyl (C=O) groups excluding carboxylic acids is 1. The van der Waals surface area contributed by atoms with Gasteiger partial charge in [-0.15, -0.1) is 0 Å². The van der Waals surface area contributed by atoms with Crippen LogP contribution in [0, 0.1) is 19.7 Å². The molecule has 1 aliphatic carbocycles. The summed E-state index contributed by atoms with van der Waals surface area (Å²) in [6.45, 7) is 4.52. The summed E-state index contributed by atoms with van der Waals surface area (Å²) in [4.78, 5) is 11.7. The minimum Gasteiger partial charge on any atom is -0.492 e. The number of esters is 1. The van der Waals surface area contributed by atoms with E-state index in [-0.39, 0.29) is 29.9 Å². The Morgan fingerprint density at radius 2 is 1.85 bits per heavy atom. The lowest BCUT2D eigenvalue weighted by Gasteiger charge is -2.19. The van der Waals surface area contributed by atoms with E-state index in [1.165, 1.54) is 19.4 Å². The first-order chi connectivity index (χ1) is 19.0. The van der Waals surface area contributed by atoms with Gasteiger partial charge in [0.1, 0.15) is 33.3 Å². The molecule has 6 nitrogen and oxygen atoms in total. The summed E-state index contributed by atoms with van der Waals surface area (Å²) in [5.41, 5.74) is 7.90. The van der Waals surface area contributed by atoms with E-state index < -0.39 is 15.9 Å². The Balaban J connectivity index is 1.38. The predicted molar refractivity (Wildman–Crippen MR) is 152 cm³/mol. The minimum atomic E-state index is -2.99. The third-order valence-electron chi connectivity index (χ3n) is 7.91. The van der Waals surface area contributed by atoms with Gasteiger partial charge in [0.2, 0.25) is 0 Å². The first-order valence-electron chi connectivity index (χ1n) is 13.6. The molecule has 0 radical (unpaired) electrons. The molecule has 0 amide bonds. The van der Waals surface area contributed by atoms with Crippen molar-refractivity contribution in [3.63, 3.8) is 0 Å². The van der Waals surface area contributed by atoms with Crippen LogP contribution in [0.25, 0.3) is 11.1 Å². The van der Waals surface area contributed by atoms with E-state index in [9.17, 15) is 13.2 Å². The van der Waals surface area contributed by atoms with Crippen molar-refractivity contribution in [3.8, 4) is 22.6 Å². The second-order valence-corrected chi connectivity index (χ2v) is 13.2. The highest BCUT2D eigenvalue weighted by molar-refractivity contribution is 7.90. The molecule has 0 aromatic heterocycles. The second kappa shape index (κ2) is 11.2. The number of methoxy groups -OCH3 is 1. The largest absolute Gasteiger partial charge is 0.492 e. The maximum atomic E-state index is 15.3. The lowest BCUT2D eigenvalue weighted by molar-refractivity contribution is -0.141. The molecule has 1 heterocycles. The highest BCUT2D eigenvalue weighted by atomic mass is 32.2. The SMILES string of the molecule is COC(=O)C[C@@H]1COc2cc(O[C@@H]3CCc4c(-c5c(C)cc(CCCS(C)(=O)=O)cc5C)ccc(F)c43)ccc21. The molecular formula is C32H35FO6S. The summed E-state index contributed by atoms with van der Waals surface area (Å²) in [7, 11) is -1.61. The number of hydrogen-bond donors (Lipinski definition) is 0. The van der Waals surface area contributed by atoms with Crippen LogP contribution in [0.2, 0.25) is 0 Å². The van der Waals surface area contributed by atoms with Crippen LogP contribution in [0.1, 0.15) is 64.7 Å². The maximum absolute atomic E-state index is 15.3. The number of hydrogen-bond acceptors (Lipinski definition) is 6. The van der Waals surface area contributed by atoms with Crippen molar-refractivity contribution >= 4 is 15.8 Å². The van der Waals surface area contributed by atoms with Gasteiger partial charge in [-0.3, -0.25) is 4.79 Å². The topological polar surface area (TPSA) is 78.9 Å². The van der Waals surface area contributed by atoms with Gasteiger partial charge >= 0.3 is 5.97 Å². The Hall–Kier alpha value is -3.39. The Labute approximate surface area is 235 Å². The lowest BCUT2D eigenvalue weighted by Crippen LogP contribution is -2.09. The predicted octanol–water partition coefficient (Wildman–Crippen LogP) is 6.19. The average molecular weight is 567 g/mol. The van der Waals surface area contributed by atoms with Crippen molar-refractivity contribution in [2.45, 2.75) is 58.0 Å². The van der Waals surface area contributed by atoms with Crippen LogP contribution in [0.5, 0.6) is 11.5 Å². The molecule has 0 spiro atoms. The number of ether oxygens (including phenoxy) is 3. The summed E-state index contributed by atoms with van der Waals surface area (Å²) in [6.07, 6.45) is 3.74. The highest BCUT2D eigenvalue weighted by Crippen LogP contribution is 2.45. The standard InChI is InChI=1S/C32H35FO6S/c1-19-14-21(6-5-13-40(4,35)36)15-20(2)31(19)25-9-11-27(33)32-26(25)10-12-28(32)39-23-7-8-24-22(16-30(34)37-3)18-38-29(24)17-23/h7-9,11,14-15,17,22,28H,5-6,10,12-13,16,18H2,1-4H3/t22-,28-/m1/s1. The molecule has 2 aliphatic rings. The molecule has 0 fully saturated rings. The molecule has 8 heteroatoms. The first kappa shape index (κ1) is 28.1. The van der Waals surface area contributed by atoms with Crippen LogP contribution in [-0.2, 0) is 32.2 Å². The third-order valence-corrected chi connectivity index (χ3v) is 8.94. The molecule has 0 saturated carbocycles. The zero-order valence-electron chi connectivity index (χ0n) is 23.4. The van der Waals surface area contributed by atoms with Crippen molar-refractivity contribution < 1.29 is 31.8 Å². The Morgan fingerprint density at radius 3 is 2.55 bits per heavy atom. The molecule has 40 heavy (non-hydrogen) atoms. The lowest BCUT2D eigenvalue weighted by atomic mass is 9.88. The van der Waals surface area contributed by atoms with E-state index in [1.54, 1.807) is 0 Å². The average Bonchev–Trinajstić information content (AvgIpc) is 3.49. The number of carbonyl (C=O) groups is 1. The van der Waals surface area contributed by atoms with E-state index in [2.05, 4.69) is 26.0 Å². The smallest absolute Gasteiger partial charge is 0.306 e. The van der Waals surface area contributed by atoms with Gasteiger partial charge in [0.05, 0.1) is 25.9 Å². The molecule has 5 rings (SSSR count). The van der Waals surface area contributed by atoms with Crippen LogP contribution in [0.3, 0.4) is 0 Å². The molecule has 0 N–H and O–H groups in total. The molecule has 2 atom stereocenters. The van der Waals surface area contributed by atoms with Crippen molar-refractivity contribution in [1.82, 2.24) is 0 Å². The maximum Gasteiger partial charge on any atom is 0.306 e. The van der Waals surface area contributed by atoms with Crippen LogP contribution in [0.4, 0.5) is 4.39 Å². The van der Waals surface area contributed by atoms with Crippen molar-refractivity contribution in [3.05, 3.63) is 81.7 Å². The van der Waals surface area contributed by atoms with Crippen molar-refractivity contribution in [2.75, 3.05) is 25.7 Å². The van der Waals surface area contributed by atoms with Crippen molar-refractivity contribution in [1.29, 1.82) is 0 Å². The van der Waals surface area contributed by atoms with Gasteiger partial charge in [0, 0.05) is 29.4 Å². The number of sulfone groups is 1. The molecule has 3 aromatic rings. The van der Waals surface area contributed by atoms with Gasteiger partial charge in [-0.25, -0.2) is 12.8 Å². The zero-order valence-corrected chi connectivity index (χ0v) is 24.2. The van der Waals surface area contributed by atoms with E-state index >= 15 is 4.39 Å². The third kappa shape index (κ3) is 5.87. The molecule has 212 valence electrons. The van der Waals surface area contributed by atoms with Gasteiger partial charge in [-0.2, -0.15) is 0 Å². The highest BCUT2D eigenvalue weighted by Gasteiger charge is 2.32. The van der Waals surface area contributed by atoms with Gasteiger partial charge in [0.15, 0.2) is 0 Å². The summed E-state index contributed by atoms with van der Waals surface area (Å²) in [6, 6.07) is 13.2. The van der Waals surface area contributed by atoms with Crippen LogP contribution in [0.15, 0.2) is 42.5 Å². The van der Waals surface area contributed by atoms with Crippen LogP contribution < -0.4 is 9.47 Å². The molecule has 0 saturated heterocycles. The number of rotatable bonds is 9. The van der Waals surface area contributed by atoms with Crippen molar-refractivity contribution in [2.24, 2.45) is 0 Å². The first-order valence-corrected chi connectivity index (χ1v) is 15.7. The zero-order chi connectivity index (χ0) is 28.6. The Bertz CT molecular complexity index is 1540. The summed E-state index contributed by atoms with van der Waals surface area (Å²) >= 11 is 0. The molecular weight excluding hydrogens is 531 g/mol. The Kier molecular flexibility index (Phi) is 7.91. The van der Waals surface area contributed by atoms with Gasteiger partial charge in [-0.05, 0) is 85.0 Å². The van der Waals surface area contributed by atoms with Gasteiger partial charge in [0.25, 0.3) is 0 Å². The fourth-order valence-corrected chi connectivity index (χ4v) is 6.80. The fourth-order valence-electron chi connectivity index (χ4n) is 6.13. The van der Waals surface area contributed by atoms with E-state index in [0.29, 0.717) is 49.4 Å². The normalized spacial score (nSPS) is 17.7. The monoisotopic (exact) mass is 566 g/mol. The van der Waals surface area contributed by atoms with Gasteiger partial charge in [-0.1, -0.05) is 24.3 Å². The fraction of sp³-hybridized carbons (Fsp3) is 0.406. The second-order valence-electron chi connectivity index (χ2n) is 11.0. The molecule has 0 unspecified atom stereocenters. The van der Waals surface area contributed by atoms with Crippen LogP contribution >= 0.6 is 0 Å². The summed E-state index contributed by atoms with van der Waals surface area (Å²) < 4.78 is 55.2. The molecule has 3 aromatic carbocycles. The van der Waals surface area contributed by atoms with E-state index in [1.807, 2.05) is 24.3 Å². The number of fused-ring (bicyclic) bond motifs is 2. The Morgan fingerprint density at radius 1 is 1.10 bits per heavy atom. The summed E-state index contributed by atoms with van der Waals surface area (Å²) in [5, 5.41) is 0. The number of halogens is 1. The quantitative estimate of drug-likeness (QED) is 0.287. The minimum absolute atomic E-state index is 0.0544. The number of aryl methyl sites for hydroxylation is 3. The molecule has 1 aliphatic heterocycles. The van der Waals surface area contributed by atoms with Gasteiger partial charge < -0.3 is 14.2 Å². The van der Waals surface area contributed by atoms with E-state index in [0.717, 1.165) is 38.9 Å². The summed E-state index contributed by atoms with van der Waals surface area (Å²) in [5.74, 6) is 0.852.